The molecular weight excluding hydrogens is 250 g/mol. The number of nitrogens with two attached hydrogens (primary N) is 1. The van der Waals surface area contributed by atoms with Crippen LogP contribution in [0.5, 0.6) is 0 Å². The third kappa shape index (κ3) is 5.56. The van der Waals surface area contributed by atoms with Crippen LogP contribution in [0.4, 0.5) is 0 Å². The van der Waals surface area contributed by atoms with Crippen molar-refractivity contribution in [1.29, 1.82) is 0 Å². The third-order valence-electron chi connectivity index (χ3n) is 3.10. The van der Waals surface area contributed by atoms with E-state index in [0.29, 0.717) is 6.42 Å². The van der Waals surface area contributed by atoms with Gasteiger partial charge in [-0.2, -0.15) is 11.8 Å². The number of amides is 1. The van der Waals surface area contributed by atoms with Gasteiger partial charge in [0.15, 0.2) is 0 Å². The summed E-state index contributed by atoms with van der Waals surface area (Å²) < 4.78 is 0. The predicted octanol–water partition coefficient (Wildman–Crippen LogP) is 0.335. The number of nitrogens with zero attached hydrogens (tertiary/aromatic N) is 1. The highest BCUT2D eigenvalue weighted by atomic mass is 32.2. The van der Waals surface area contributed by atoms with Crippen molar-refractivity contribution < 1.29 is 9.90 Å². The summed E-state index contributed by atoms with van der Waals surface area (Å²) in [5.41, 5.74) is 8.57. The van der Waals surface area contributed by atoms with Crippen molar-refractivity contribution >= 4 is 17.7 Å². The summed E-state index contributed by atoms with van der Waals surface area (Å²) >= 11 is 1.77. The molecule has 4 N–H and O–H groups in total. The van der Waals surface area contributed by atoms with Gasteiger partial charge in [-0.15, -0.1) is 0 Å². The molecule has 0 bridgehead atoms. The Morgan fingerprint density at radius 1 is 1.44 bits per heavy atom. The lowest BCUT2D eigenvalue weighted by atomic mass is 10.1. The topological polar surface area (TPSA) is 78.6 Å². The maximum Gasteiger partial charge on any atom is 0.264 e. The van der Waals surface area contributed by atoms with Gasteiger partial charge in [0.25, 0.3) is 5.91 Å². The van der Waals surface area contributed by atoms with Gasteiger partial charge in [0.05, 0.1) is 0 Å². The van der Waals surface area contributed by atoms with Gasteiger partial charge in [0.1, 0.15) is 6.10 Å². The quantitative estimate of drug-likeness (QED) is 0.584. The Morgan fingerprint density at radius 3 is 2.72 bits per heavy atom. The number of thioether (sulfide) groups is 1. The van der Waals surface area contributed by atoms with E-state index in [4.69, 9.17) is 5.73 Å². The van der Waals surface area contributed by atoms with Crippen LogP contribution >= 0.6 is 11.8 Å². The Balaban J connectivity index is 2.25. The molecule has 0 aliphatic carbocycles. The van der Waals surface area contributed by atoms with Crippen molar-refractivity contribution in [2.45, 2.75) is 44.8 Å². The zero-order chi connectivity index (χ0) is 13.4. The van der Waals surface area contributed by atoms with Crippen LogP contribution in [0.2, 0.25) is 0 Å². The second kappa shape index (κ2) is 8.74. The molecule has 106 valence electrons. The zero-order valence-corrected chi connectivity index (χ0v) is 11.9. The number of piperidine rings is 1. The number of carbonyl (C=O) groups is 1. The predicted molar refractivity (Wildman–Crippen MR) is 75.2 cm³/mol. The molecule has 2 atom stereocenters. The first-order valence-corrected chi connectivity index (χ1v) is 7.87. The molecule has 1 amide bonds. The van der Waals surface area contributed by atoms with E-state index in [9.17, 15) is 9.90 Å². The number of hydrogen-bond acceptors (Lipinski definition) is 5. The molecule has 1 aliphatic rings. The van der Waals surface area contributed by atoms with Gasteiger partial charge in [-0.25, -0.2) is 5.01 Å². The monoisotopic (exact) mass is 275 g/mol. The summed E-state index contributed by atoms with van der Waals surface area (Å²) in [6, 6.07) is -0.478. The number of hydrogen-bond donors (Lipinski definition) is 3. The number of aliphatic hydroxyl groups is 1. The molecular formula is C12H25N3O2S. The van der Waals surface area contributed by atoms with Crippen LogP contribution in [-0.2, 0) is 4.79 Å². The molecule has 0 saturated carbocycles. The standard InChI is InChI=1S/C12H25N3O2S/c1-2-18-9-6-10(13)11(16)12(17)14-15-7-4-3-5-8-15/h10-11,16H,2-9,13H2,1H3,(H,14,17). The van der Waals surface area contributed by atoms with Crippen LogP contribution in [0, 0.1) is 0 Å². The first kappa shape index (κ1) is 15.8. The van der Waals surface area contributed by atoms with E-state index in [2.05, 4.69) is 12.3 Å². The van der Waals surface area contributed by atoms with Gasteiger partial charge in [-0.3, -0.25) is 10.2 Å². The number of nitrogens with one attached hydrogen (secondary N) is 1. The van der Waals surface area contributed by atoms with E-state index < -0.39 is 12.1 Å². The Labute approximate surface area is 113 Å². The smallest absolute Gasteiger partial charge is 0.264 e. The fraction of sp³-hybridized carbons (Fsp3) is 0.917. The number of hydrazine groups is 1. The second-order valence-electron chi connectivity index (χ2n) is 4.62. The Hall–Kier alpha value is -0.300. The number of aliphatic hydroxyl groups excluding tert-OH is 1. The minimum Gasteiger partial charge on any atom is -0.382 e. The first-order valence-electron chi connectivity index (χ1n) is 6.72. The molecule has 1 fully saturated rings. The van der Waals surface area contributed by atoms with Gasteiger partial charge in [-0.1, -0.05) is 13.3 Å². The zero-order valence-electron chi connectivity index (χ0n) is 11.1. The third-order valence-corrected chi connectivity index (χ3v) is 4.03. The van der Waals surface area contributed by atoms with E-state index >= 15 is 0 Å². The van der Waals surface area contributed by atoms with Crippen molar-refractivity contribution in [2.24, 2.45) is 5.73 Å². The summed E-state index contributed by atoms with van der Waals surface area (Å²) in [6.45, 7) is 3.80. The van der Waals surface area contributed by atoms with Crippen LogP contribution in [0.15, 0.2) is 0 Å². The van der Waals surface area contributed by atoms with Gasteiger partial charge in [0.2, 0.25) is 0 Å². The minimum atomic E-state index is -1.11. The molecule has 1 heterocycles. The second-order valence-corrected chi connectivity index (χ2v) is 6.01. The van der Waals surface area contributed by atoms with Gasteiger partial charge in [-0.05, 0) is 30.8 Å². The summed E-state index contributed by atoms with van der Waals surface area (Å²) in [6.07, 6.45) is 2.95. The molecule has 0 radical (unpaired) electrons. The van der Waals surface area contributed by atoms with Crippen molar-refractivity contribution in [1.82, 2.24) is 10.4 Å². The summed E-state index contributed by atoms with van der Waals surface area (Å²) in [7, 11) is 0. The van der Waals surface area contributed by atoms with Gasteiger partial charge in [0, 0.05) is 19.1 Å². The Morgan fingerprint density at radius 2 is 2.11 bits per heavy atom. The van der Waals surface area contributed by atoms with Crippen molar-refractivity contribution in [3.63, 3.8) is 0 Å². The normalized spacial score (nSPS) is 20.4. The highest BCUT2D eigenvalue weighted by molar-refractivity contribution is 7.99. The van der Waals surface area contributed by atoms with Crippen molar-refractivity contribution in [2.75, 3.05) is 24.6 Å². The molecule has 1 saturated heterocycles. The fourth-order valence-corrected chi connectivity index (χ4v) is 2.67. The summed E-state index contributed by atoms with van der Waals surface area (Å²) in [4.78, 5) is 11.8. The van der Waals surface area contributed by atoms with E-state index in [-0.39, 0.29) is 5.91 Å². The summed E-state index contributed by atoms with van der Waals surface area (Å²) in [5.74, 6) is 1.54. The molecule has 1 rings (SSSR count). The molecule has 5 nitrogen and oxygen atoms in total. The highest BCUT2D eigenvalue weighted by Gasteiger charge is 2.24. The van der Waals surface area contributed by atoms with Crippen LogP contribution in [0.1, 0.15) is 32.6 Å². The molecule has 1 aliphatic heterocycles. The molecule has 0 aromatic heterocycles. The van der Waals surface area contributed by atoms with Crippen LogP contribution < -0.4 is 11.2 Å². The molecule has 0 aromatic carbocycles. The van der Waals surface area contributed by atoms with E-state index in [1.54, 1.807) is 11.8 Å². The largest absolute Gasteiger partial charge is 0.382 e. The lowest BCUT2D eigenvalue weighted by Crippen LogP contribution is -2.53. The summed E-state index contributed by atoms with van der Waals surface area (Å²) in [5, 5.41) is 11.7. The lowest BCUT2D eigenvalue weighted by Gasteiger charge is -2.28. The van der Waals surface area contributed by atoms with E-state index in [1.807, 2.05) is 5.01 Å². The molecule has 0 spiro atoms. The molecule has 0 aromatic rings. The van der Waals surface area contributed by atoms with Crippen LogP contribution in [0.3, 0.4) is 0 Å². The number of carbonyl (C=O) groups excluding carboxylic acids is 1. The average Bonchev–Trinajstić information content (AvgIpc) is 2.39. The highest BCUT2D eigenvalue weighted by Crippen LogP contribution is 2.08. The first-order chi connectivity index (χ1) is 8.65. The fourth-order valence-electron chi connectivity index (χ4n) is 1.94. The average molecular weight is 275 g/mol. The van der Waals surface area contributed by atoms with Crippen molar-refractivity contribution in [3.8, 4) is 0 Å². The lowest BCUT2D eigenvalue weighted by molar-refractivity contribution is -0.135. The Kier molecular flexibility index (Phi) is 7.65. The Bertz CT molecular complexity index is 247. The molecule has 18 heavy (non-hydrogen) atoms. The van der Waals surface area contributed by atoms with Crippen LogP contribution in [0.25, 0.3) is 0 Å². The van der Waals surface area contributed by atoms with E-state index in [0.717, 1.165) is 37.4 Å². The van der Waals surface area contributed by atoms with Crippen LogP contribution in [-0.4, -0.2) is 52.8 Å². The maximum absolute atomic E-state index is 11.8. The van der Waals surface area contributed by atoms with Gasteiger partial charge >= 0.3 is 0 Å². The molecule has 6 heteroatoms. The number of rotatable bonds is 7. The van der Waals surface area contributed by atoms with E-state index in [1.165, 1.54) is 6.42 Å². The minimum absolute atomic E-state index is 0.370. The van der Waals surface area contributed by atoms with Gasteiger partial charge < -0.3 is 10.8 Å². The SMILES string of the molecule is CCSCCC(N)C(O)C(=O)NN1CCCCC1. The van der Waals surface area contributed by atoms with Crippen molar-refractivity contribution in [3.05, 3.63) is 0 Å². The molecule has 2 unspecified atom stereocenters. The maximum atomic E-state index is 11.8.